The summed E-state index contributed by atoms with van der Waals surface area (Å²) in [5, 5.41) is 10.3. The number of carboxylic acids is 1. The Morgan fingerprint density at radius 2 is 1.50 bits per heavy atom. The molecule has 0 atom stereocenters. The normalized spacial score (nSPS) is 13.9. The molecule has 0 spiro atoms. The smallest absolute Gasteiger partial charge is 0.335 e. The number of benzene rings is 4. The highest BCUT2D eigenvalue weighted by atomic mass is 35.5. The van der Waals surface area contributed by atoms with Crippen LogP contribution in [0.5, 0.6) is 0 Å². The van der Waals surface area contributed by atoms with Gasteiger partial charge in [-0.25, -0.2) is 9.78 Å². The quantitative estimate of drug-likeness (QED) is 0.210. The van der Waals surface area contributed by atoms with Crippen LogP contribution in [0.2, 0.25) is 5.02 Å². The monoisotopic (exact) mass is 549 g/mol. The number of hydrogen-bond donors (Lipinski definition) is 1. The predicted molar refractivity (Wildman–Crippen MR) is 162 cm³/mol. The first-order chi connectivity index (χ1) is 19.5. The number of hydrogen-bond acceptors (Lipinski definition) is 3. The molecule has 0 unspecified atom stereocenters. The van der Waals surface area contributed by atoms with Crippen molar-refractivity contribution in [2.24, 2.45) is 0 Å². The van der Waals surface area contributed by atoms with Crippen molar-refractivity contribution in [2.45, 2.75) is 51.2 Å². The fourth-order valence-electron chi connectivity index (χ4n) is 5.81. The zero-order valence-electron chi connectivity index (χ0n) is 22.3. The molecule has 1 aromatic heterocycles. The summed E-state index contributed by atoms with van der Waals surface area (Å²) < 4.78 is 2.35. The Bertz CT molecular complexity index is 1610. The highest BCUT2D eigenvalue weighted by Crippen LogP contribution is 2.36. The highest BCUT2D eigenvalue weighted by Gasteiger charge is 2.23. The van der Waals surface area contributed by atoms with Crippen LogP contribution in [0.25, 0.3) is 22.4 Å². The Kier molecular flexibility index (Phi) is 7.56. The first-order valence-corrected chi connectivity index (χ1v) is 14.3. The molecule has 1 fully saturated rings. The maximum Gasteiger partial charge on any atom is 0.335 e. The second kappa shape index (κ2) is 11.6. The topological polar surface area (TPSA) is 58.4 Å². The van der Waals surface area contributed by atoms with Crippen molar-refractivity contribution < 1.29 is 9.90 Å². The highest BCUT2D eigenvalue weighted by molar-refractivity contribution is 6.30. The Morgan fingerprint density at radius 1 is 0.850 bits per heavy atom. The average molecular weight is 550 g/mol. The van der Waals surface area contributed by atoms with Crippen LogP contribution in [-0.2, 0) is 13.1 Å². The molecular formula is C34H32ClN3O2. The van der Waals surface area contributed by atoms with E-state index in [1.165, 1.54) is 30.4 Å². The van der Waals surface area contributed by atoms with Gasteiger partial charge in [-0.3, -0.25) is 0 Å². The van der Waals surface area contributed by atoms with Crippen LogP contribution in [0, 0.1) is 0 Å². The molecule has 0 radical (unpaired) electrons. The van der Waals surface area contributed by atoms with Crippen LogP contribution in [-0.4, -0.2) is 20.6 Å². The Morgan fingerprint density at radius 3 is 2.15 bits per heavy atom. The largest absolute Gasteiger partial charge is 0.478 e. The number of halogens is 1. The van der Waals surface area contributed by atoms with Crippen molar-refractivity contribution in [1.29, 1.82) is 0 Å². The van der Waals surface area contributed by atoms with Gasteiger partial charge in [0.1, 0.15) is 5.82 Å². The van der Waals surface area contributed by atoms with Gasteiger partial charge >= 0.3 is 5.97 Å². The van der Waals surface area contributed by atoms with Gasteiger partial charge in [0.05, 0.1) is 16.6 Å². The van der Waals surface area contributed by atoms with Crippen LogP contribution < -0.4 is 4.90 Å². The molecule has 40 heavy (non-hydrogen) atoms. The molecule has 0 bridgehead atoms. The number of anilines is 1. The summed E-state index contributed by atoms with van der Waals surface area (Å²) in [6.45, 7) is 1.53. The molecule has 1 N–H and O–H groups in total. The fraction of sp³-hybridized carbons (Fsp3) is 0.235. The zero-order valence-corrected chi connectivity index (χ0v) is 23.1. The molecule has 1 saturated carbocycles. The van der Waals surface area contributed by atoms with Gasteiger partial charge in [0.15, 0.2) is 0 Å². The summed E-state index contributed by atoms with van der Waals surface area (Å²) in [7, 11) is 0. The van der Waals surface area contributed by atoms with E-state index in [1.54, 1.807) is 12.1 Å². The molecule has 6 rings (SSSR count). The minimum atomic E-state index is -0.929. The van der Waals surface area contributed by atoms with Gasteiger partial charge in [0, 0.05) is 35.4 Å². The fourth-order valence-corrected chi connectivity index (χ4v) is 5.94. The van der Waals surface area contributed by atoms with Crippen molar-refractivity contribution in [1.82, 2.24) is 9.55 Å². The summed E-state index contributed by atoms with van der Waals surface area (Å²) in [6.07, 6.45) is 5.92. The summed E-state index contributed by atoms with van der Waals surface area (Å²) in [5.74, 6) is -0.0151. The molecule has 202 valence electrons. The van der Waals surface area contributed by atoms with Gasteiger partial charge in [0.2, 0.25) is 0 Å². The van der Waals surface area contributed by atoms with E-state index >= 15 is 0 Å². The van der Waals surface area contributed by atoms with E-state index < -0.39 is 5.97 Å². The Labute approximate surface area is 239 Å². The minimum absolute atomic E-state index is 0.268. The second-order valence-electron chi connectivity index (χ2n) is 10.6. The number of nitrogens with zero attached hydrogens (tertiary/aromatic N) is 3. The van der Waals surface area contributed by atoms with Gasteiger partial charge in [-0.2, -0.15) is 0 Å². The number of aromatic nitrogens is 2. The van der Waals surface area contributed by atoms with Crippen molar-refractivity contribution in [3.8, 4) is 11.4 Å². The molecule has 1 heterocycles. The molecule has 6 heteroatoms. The van der Waals surface area contributed by atoms with Gasteiger partial charge in [-0.1, -0.05) is 85.5 Å². The maximum absolute atomic E-state index is 11.6. The van der Waals surface area contributed by atoms with Gasteiger partial charge in [-0.15, -0.1) is 0 Å². The number of carbonyl (C=O) groups is 1. The Hall–Kier alpha value is -4.09. The maximum atomic E-state index is 11.6. The second-order valence-corrected chi connectivity index (χ2v) is 11.1. The molecule has 4 aromatic carbocycles. The van der Waals surface area contributed by atoms with Crippen molar-refractivity contribution in [3.63, 3.8) is 0 Å². The number of rotatable bonds is 8. The molecule has 1 aliphatic carbocycles. The van der Waals surface area contributed by atoms with Crippen LogP contribution in [0.1, 0.15) is 59.6 Å². The summed E-state index contributed by atoms with van der Waals surface area (Å²) in [6, 6.07) is 32.8. The standard InChI is InChI=1S/C34H32ClN3O2/c35-28-18-13-25(14-19-28)23-37(29-7-3-1-4-8-29)22-24-11-15-26(16-12-24)33-36-31-21-27(34(39)40)17-20-32(31)38(33)30-9-5-2-6-10-30/h1,3-4,7-8,11-21,30H,2,5-6,9-10,22-23H2,(H,39,40). The van der Waals surface area contributed by atoms with Crippen LogP contribution in [0.3, 0.4) is 0 Å². The number of carboxylic acid groups (broad SMARTS) is 1. The van der Waals surface area contributed by atoms with Gasteiger partial charge in [-0.05, 0) is 66.4 Å². The van der Waals surface area contributed by atoms with E-state index in [4.69, 9.17) is 16.6 Å². The molecule has 0 saturated heterocycles. The van der Waals surface area contributed by atoms with E-state index in [2.05, 4.69) is 70.1 Å². The number of imidazole rings is 1. The van der Waals surface area contributed by atoms with Crippen molar-refractivity contribution in [2.75, 3.05) is 4.90 Å². The lowest BCUT2D eigenvalue weighted by atomic mass is 9.94. The summed E-state index contributed by atoms with van der Waals surface area (Å²) in [4.78, 5) is 19.0. The predicted octanol–water partition coefficient (Wildman–Crippen LogP) is 8.77. The van der Waals surface area contributed by atoms with Crippen LogP contribution >= 0.6 is 11.6 Å². The van der Waals surface area contributed by atoms with Gasteiger partial charge < -0.3 is 14.6 Å². The van der Waals surface area contributed by atoms with E-state index in [0.29, 0.717) is 6.04 Å². The SMILES string of the molecule is O=C(O)c1ccc2c(c1)nc(-c1ccc(CN(Cc3ccc(Cl)cc3)c3ccccc3)cc1)n2C1CCCCC1. The molecule has 1 aliphatic rings. The summed E-state index contributed by atoms with van der Waals surface area (Å²) >= 11 is 6.12. The lowest BCUT2D eigenvalue weighted by molar-refractivity contribution is 0.0697. The lowest BCUT2D eigenvalue weighted by Crippen LogP contribution is -2.22. The molecule has 0 aliphatic heterocycles. The third-order valence-corrected chi connectivity index (χ3v) is 8.12. The van der Waals surface area contributed by atoms with Crippen molar-refractivity contribution >= 4 is 34.3 Å². The lowest BCUT2D eigenvalue weighted by Gasteiger charge is -2.26. The number of fused-ring (bicyclic) bond motifs is 1. The molecular weight excluding hydrogens is 518 g/mol. The third kappa shape index (κ3) is 5.61. The zero-order chi connectivity index (χ0) is 27.5. The van der Waals surface area contributed by atoms with E-state index in [9.17, 15) is 9.90 Å². The first kappa shape index (κ1) is 26.1. The first-order valence-electron chi connectivity index (χ1n) is 13.9. The minimum Gasteiger partial charge on any atom is -0.478 e. The Balaban J connectivity index is 1.32. The number of aromatic carboxylic acids is 1. The third-order valence-electron chi connectivity index (χ3n) is 7.87. The number of para-hydroxylation sites is 1. The van der Waals surface area contributed by atoms with E-state index in [-0.39, 0.29) is 5.56 Å². The van der Waals surface area contributed by atoms with E-state index in [0.717, 1.165) is 59.1 Å². The molecule has 0 amide bonds. The van der Waals surface area contributed by atoms with Gasteiger partial charge in [0.25, 0.3) is 0 Å². The molecule has 5 aromatic rings. The van der Waals surface area contributed by atoms with E-state index in [1.807, 2.05) is 24.3 Å². The van der Waals surface area contributed by atoms with Crippen LogP contribution in [0.15, 0.2) is 97.1 Å². The van der Waals surface area contributed by atoms with Crippen molar-refractivity contribution in [3.05, 3.63) is 119 Å². The molecule has 5 nitrogen and oxygen atoms in total. The average Bonchev–Trinajstić information content (AvgIpc) is 3.38. The summed E-state index contributed by atoms with van der Waals surface area (Å²) in [5.41, 5.74) is 6.63. The van der Waals surface area contributed by atoms with Crippen LogP contribution in [0.4, 0.5) is 5.69 Å².